The Kier molecular flexibility index (Phi) is 4.50. The Morgan fingerprint density at radius 2 is 1.97 bits per heavy atom. The number of imide groups is 1. The van der Waals surface area contributed by atoms with Gasteiger partial charge in [-0.2, -0.15) is 0 Å². The van der Waals surface area contributed by atoms with Crippen LogP contribution in [-0.2, 0) is 11.2 Å². The van der Waals surface area contributed by atoms with Crippen molar-refractivity contribution in [3.8, 4) is 0 Å². The number of aromatic amines is 1. The first-order chi connectivity index (χ1) is 15.0. The van der Waals surface area contributed by atoms with Crippen molar-refractivity contribution in [2.24, 2.45) is 0 Å². The molecule has 0 aliphatic carbocycles. The van der Waals surface area contributed by atoms with Gasteiger partial charge in [-0.25, -0.2) is 4.79 Å². The first kappa shape index (κ1) is 19.3. The summed E-state index contributed by atoms with van der Waals surface area (Å²) < 4.78 is 0. The molecule has 158 valence electrons. The van der Waals surface area contributed by atoms with Gasteiger partial charge in [-0.05, 0) is 23.6 Å². The second-order valence-electron chi connectivity index (χ2n) is 8.07. The van der Waals surface area contributed by atoms with E-state index in [1.165, 1.54) is 17.0 Å². The third-order valence-corrected chi connectivity index (χ3v) is 6.27. The number of fused-ring (bicyclic) bond motifs is 4. The number of carbonyl (C=O) groups excluding carboxylic acids is 2. The lowest BCUT2D eigenvalue weighted by Gasteiger charge is -2.36. The number of carbonyl (C=O) groups is 2. The van der Waals surface area contributed by atoms with E-state index in [0.717, 1.165) is 35.0 Å². The van der Waals surface area contributed by atoms with Crippen LogP contribution in [0.2, 0.25) is 0 Å². The van der Waals surface area contributed by atoms with Crippen molar-refractivity contribution < 1.29 is 14.5 Å². The van der Waals surface area contributed by atoms with E-state index >= 15 is 0 Å². The summed E-state index contributed by atoms with van der Waals surface area (Å²) >= 11 is 0. The van der Waals surface area contributed by atoms with E-state index in [1.807, 2.05) is 31.2 Å². The van der Waals surface area contributed by atoms with Gasteiger partial charge in [0.25, 0.3) is 11.6 Å². The summed E-state index contributed by atoms with van der Waals surface area (Å²) in [6, 6.07) is 12.6. The molecule has 31 heavy (non-hydrogen) atoms. The second-order valence-corrected chi connectivity index (χ2v) is 8.07. The Morgan fingerprint density at radius 1 is 1.16 bits per heavy atom. The number of amides is 3. The van der Waals surface area contributed by atoms with Crippen LogP contribution in [0.1, 0.15) is 42.6 Å². The molecule has 1 fully saturated rings. The van der Waals surface area contributed by atoms with Crippen molar-refractivity contribution in [2.45, 2.75) is 38.3 Å². The van der Waals surface area contributed by atoms with Crippen LogP contribution in [0.25, 0.3) is 10.9 Å². The van der Waals surface area contributed by atoms with Crippen molar-refractivity contribution in [3.05, 3.63) is 75.5 Å². The number of urea groups is 1. The van der Waals surface area contributed by atoms with Gasteiger partial charge >= 0.3 is 6.03 Å². The molecule has 2 aliphatic heterocycles. The predicted octanol–water partition coefficient (Wildman–Crippen LogP) is 4.15. The molecule has 2 aromatic carbocycles. The lowest BCUT2D eigenvalue weighted by Crippen LogP contribution is -2.44. The summed E-state index contributed by atoms with van der Waals surface area (Å²) in [4.78, 5) is 43.9. The number of H-pyrrole nitrogens is 1. The number of nitrogens with one attached hydrogen (secondary N) is 1. The molecule has 3 heterocycles. The van der Waals surface area contributed by atoms with Gasteiger partial charge < -0.3 is 4.98 Å². The molecule has 8 heteroatoms. The Labute approximate surface area is 178 Å². The molecule has 1 aromatic heterocycles. The number of aromatic nitrogens is 1. The van der Waals surface area contributed by atoms with E-state index < -0.39 is 17.0 Å². The van der Waals surface area contributed by atoms with E-state index in [-0.39, 0.29) is 17.6 Å². The number of unbranched alkanes of at least 4 members (excludes halogenated alkanes) is 1. The topological polar surface area (TPSA) is 99.5 Å². The smallest absolute Gasteiger partial charge is 0.328 e. The molecule has 1 saturated heterocycles. The summed E-state index contributed by atoms with van der Waals surface area (Å²) in [6.45, 7) is 2.40. The summed E-state index contributed by atoms with van der Waals surface area (Å²) in [5.74, 6) is -0.190. The van der Waals surface area contributed by atoms with Crippen molar-refractivity contribution in [2.75, 3.05) is 6.54 Å². The van der Waals surface area contributed by atoms with E-state index in [4.69, 9.17) is 0 Å². The highest BCUT2D eigenvalue weighted by atomic mass is 16.6. The van der Waals surface area contributed by atoms with Crippen LogP contribution in [0.3, 0.4) is 0 Å². The normalized spacial score (nSPS) is 20.3. The fourth-order valence-electron chi connectivity index (χ4n) is 4.81. The Morgan fingerprint density at radius 3 is 2.74 bits per heavy atom. The minimum atomic E-state index is -0.611. The van der Waals surface area contributed by atoms with Gasteiger partial charge in [-0.1, -0.05) is 43.7 Å². The molecule has 0 saturated carbocycles. The van der Waals surface area contributed by atoms with Crippen LogP contribution >= 0.6 is 0 Å². The SMILES string of the molecule is CCCCN1C(=O)[C@@H]2Cc3c([nH]c4ccccc34)[C@H](c3cccc([N+](=O)[O-])c3)N2C1=O. The summed E-state index contributed by atoms with van der Waals surface area (Å²) in [6.07, 6.45) is 2.05. The molecule has 8 nitrogen and oxygen atoms in total. The zero-order valence-electron chi connectivity index (χ0n) is 17.1. The number of para-hydroxylation sites is 1. The number of nitro groups is 1. The summed E-state index contributed by atoms with van der Waals surface area (Å²) in [7, 11) is 0. The molecule has 5 rings (SSSR count). The highest BCUT2D eigenvalue weighted by molar-refractivity contribution is 6.05. The minimum Gasteiger partial charge on any atom is -0.356 e. The molecule has 0 bridgehead atoms. The van der Waals surface area contributed by atoms with Gasteiger partial charge in [-0.15, -0.1) is 0 Å². The molecular weight excluding hydrogens is 396 g/mol. The van der Waals surface area contributed by atoms with Gasteiger partial charge in [0.2, 0.25) is 0 Å². The highest BCUT2D eigenvalue weighted by Crippen LogP contribution is 2.44. The van der Waals surface area contributed by atoms with Crippen molar-refractivity contribution in [1.29, 1.82) is 0 Å². The van der Waals surface area contributed by atoms with E-state index in [0.29, 0.717) is 18.5 Å². The van der Waals surface area contributed by atoms with Crippen molar-refractivity contribution >= 4 is 28.5 Å². The van der Waals surface area contributed by atoms with Crippen LogP contribution in [0, 0.1) is 10.1 Å². The average molecular weight is 418 g/mol. The van der Waals surface area contributed by atoms with E-state index in [9.17, 15) is 19.7 Å². The summed E-state index contributed by atoms with van der Waals surface area (Å²) in [5, 5.41) is 12.4. The van der Waals surface area contributed by atoms with E-state index in [2.05, 4.69) is 4.98 Å². The summed E-state index contributed by atoms with van der Waals surface area (Å²) in [5.41, 5.74) is 3.30. The number of nitro benzene ring substituents is 1. The molecule has 3 amide bonds. The van der Waals surface area contributed by atoms with E-state index in [1.54, 1.807) is 17.0 Å². The highest BCUT2D eigenvalue weighted by Gasteiger charge is 2.52. The first-order valence-electron chi connectivity index (χ1n) is 10.5. The van der Waals surface area contributed by atoms with Gasteiger partial charge in [-0.3, -0.25) is 24.7 Å². The maximum atomic E-state index is 13.4. The van der Waals surface area contributed by atoms with Crippen LogP contribution in [0.5, 0.6) is 0 Å². The fraction of sp³-hybridized carbons (Fsp3) is 0.304. The van der Waals surface area contributed by atoms with Crippen LogP contribution in [0.4, 0.5) is 10.5 Å². The lowest BCUT2D eigenvalue weighted by atomic mass is 9.88. The van der Waals surface area contributed by atoms with Crippen LogP contribution < -0.4 is 0 Å². The van der Waals surface area contributed by atoms with Crippen molar-refractivity contribution in [3.63, 3.8) is 0 Å². The van der Waals surface area contributed by atoms with Gasteiger partial charge in [0.05, 0.1) is 4.92 Å². The molecule has 0 unspecified atom stereocenters. The zero-order chi connectivity index (χ0) is 21.7. The van der Waals surface area contributed by atoms with Crippen LogP contribution in [-0.4, -0.2) is 44.2 Å². The first-order valence-corrected chi connectivity index (χ1v) is 10.5. The van der Waals surface area contributed by atoms with Gasteiger partial charge in [0, 0.05) is 41.7 Å². The third kappa shape index (κ3) is 2.90. The quantitative estimate of drug-likeness (QED) is 0.382. The predicted molar refractivity (Wildman–Crippen MR) is 115 cm³/mol. The largest absolute Gasteiger partial charge is 0.356 e. The van der Waals surface area contributed by atoms with Crippen LogP contribution in [0.15, 0.2) is 48.5 Å². The lowest BCUT2D eigenvalue weighted by molar-refractivity contribution is -0.384. The second kappa shape index (κ2) is 7.23. The van der Waals surface area contributed by atoms with Crippen molar-refractivity contribution in [1.82, 2.24) is 14.8 Å². The molecule has 1 N–H and O–H groups in total. The molecule has 0 spiro atoms. The third-order valence-electron chi connectivity index (χ3n) is 6.27. The number of hydrogen-bond acceptors (Lipinski definition) is 4. The molecule has 3 aromatic rings. The number of rotatable bonds is 5. The minimum absolute atomic E-state index is 0.0434. The Hall–Kier alpha value is -3.68. The standard InChI is InChI=1S/C23H22N4O4/c1-2-3-11-25-22(28)19-13-17-16-9-4-5-10-18(16)24-20(17)21(26(19)23(25)29)14-7-6-8-15(12-14)27(30)31/h4-10,12,19,21,24H,2-3,11,13H2,1H3/t19-,21-/m0/s1. The molecule has 0 radical (unpaired) electrons. The molecular formula is C23H22N4O4. The van der Waals surface area contributed by atoms with Gasteiger partial charge in [0.15, 0.2) is 0 Å². The maximum absolute atomic E-state index is 13.4. The Bertz CT molecular complexity index is 1220. The fourth-order valence-corrected chi connectivity index (χ4v) is 4.81. The van der Waals surface area contributed by atoms with Gasteiger partial charge in [0.1, 0.15) is 12.1 Å². The number of non-ortho nitro benzene ring substituents is 1. The average Bonchev–Trinajstić information content (AvgIpc) is 3.26. The molecule has 2 atom stereocenters. The Balaban J connectivity index is 1.69. The number of nitrogens with zero attached hydrogens (tertiary/aromatic N) is 3. The monoisotopic (exact) mass is 418 g/mol. The number of benzene rings is 2. The zero-order valence-corrected chi connectivity index (χ0v) is 17.1. The maximum Gasteiger partial charge on any atom is 0.328 e. The molecule has 2 aliphatic rings. The number of hydrogen-bond donors (Lipinski definition) is 1.